The third-order valence-electron chi connectivity index (χ3n) is 7.45. The minimum absolute atomic E-state index is 0.0565. The summed E-state index contributed by atoms with van der Waals surface area (Å²) >= 11 is 0. The first-order chi connectivity index (χ1) is 22.8. The van der Waals surface area contributed by atoms with E-state index in [1.807, 2.05) is 19.1 Å². The highest BCUT2D eigenvalue weighted by atomic mass is 16.5. The SMILES string of the molecule is CCC(CCC(=O)NC(CCC(=O)CCCOCCOCC(=O)NC(CCCCNC(=O)c1ccc(C)cc1)C(N)=O)C(=O)O)C(=O)O. The number of ketones is 1. The van der Waals surface area contributed by atoms with Gasteiger partial charge in [-0.2, -0.15) is 0 Å². The van der Waals surface area contributed by atoms with Crippen molar-refractivity contribution in [3.05, 3.63) is 35.4 Å². The van der Waals surface area contributed by atoms with E-state index in [1.54, 1.807) is 19.1 Å². The van der Waals surface area contributed by atoms with Crippen LogP contribution in [0.15, 0.2) is 24.3 Å². The number of carboxylic acid groups (broad SMARTS) is 2. The van der Waals surface area contributed by atoms with Gasteiger partial charge in [-0.3, -0.25) is 28.8 Å². The van der Waals surface area contributed by atoms with Gasteiger partial charge in [-0.1, -0.05) is 24.6 Å². The van der Waals surface area contributed by atoms with E-state index in [0.29, 0.717) is 44.2 Å². The number of hydrogen-bond donors (Lipinski definition) is 6. The number of carboxylic acids is 2. The quantitative estimate of drug-likeness (QED) is 0.0729. The normalized spacial score (nSPS) is 12.7. The Morgan fingerprint density at radius 2 is 1.42 bits per heavy atom. The highest BCUT2D eigenvalue weighted by molar-refractivity contribution is 5.94. The molecular formula is C33H50N4O11. The molecule has 1 rings (SSSR count). The Morgan fingerprint density at radius 3 is 2.04 bits per heavy atom. The van der Waals surface area contributed by atoms with Crippen molar-refractivity contribution in [1.82, 2.24) is 16.0 Å². The van der Waals surface area contributed by atoms with Gasteiger partial charge in [0.2, 0.25) is 17.7 Å². The molecule has 1 aromatic rings. The third-order valence-corrected chi connectivity index (χ3v) is 7.45. The Hall–Kier alpha value is -4.37. The fourth-order valence-corrected chi connectivity index (χ4v) is 4.52. The Balaban J connectivity index is 2.15. The maximum Gasteiger partial charge on any atom is 0.326 e. The minimum Gasteiger partial charge on any atom is -0.481 e. The second-order valence-electron chi connectivity index (χ2n) is 11.4. The number of nitrogens with one attached hydrogen (secondary N) is 3. The Kier molecular flexibility index (Phi) is 20.7. The van der Waals surface area contributed by atoms with Crippen molar-refractivity contribution in [2.45, 2.75) is 90.1 Å². The summed E-state index contributed by atoms with van der Waals surface area (Å²) < 4.78 is 10.7. The van der Waals surface area contributed by atoms with Gasteiger partial charge in [0.1, 0.15) is 24.5 Å². The van der Waals surface area contributed by atoms with Crippen molar-refractivity contribution in [2.75, 3.05) is 33.0 Å². The van der Waals surface area contributed by atoms with E-state index in [4.69, 9.17) is 20.3 Å². The maximum atomic E-state index is 12.2. The van der Waals surface area contributed by atoms with E-state index < -0.39 is 47.7 Å². The predicted octanol–water partition coefficient (Wildman–Crippen LogP) is 1.49. The molecule has 0 aliphatic rings. The van der Waals surface area contributed by atoms with Crippen LogP contribution in [0.5, 0.6) is 0 Å². The van der Waals surface area contributed by atoms with Crippen LogP contribution < -0.4 is 21.7 Å². The summed E-state index contributed by atoms with van der Waals surface area (Å²) in [6, 6.07) is 5.08. The average molecular weight is 679 g/mol. The molecule has 15 heteroatoms. The topological polar surface area (TPSA) is 241 Å². The summed E-state index contributed by atoms with van der Waals surface area (Å²) in [5.74, 6) is -5.13. The lowest BCUT2D eigenvalue weighted by Gasteiger charge is -2.16. The third kappa shape index (κ3) is 18.7. The first-order valence-corrected chi connectivity index (χ1v) is 16.2. The summed E-state index contributed by atoms with van der Waals surface area (Å²) in [6.45, 7) is 4.21. The van der Waals surface area contributed by atoms with E-state index in [-0.39, 0.29) is 70.2 Å². The van der Waals surface area contributed by atoms with Gasteiger partial charge in [0.15, 0.2) is 0 Å². The molecule has 0 saturated carbocycles. The highest BCUT2D eigenvalue weighted by Crippen LogP contribution is 2.12. The van der Waals surface area contributed by atoms with Crippen molar-refractivity contribution < 1.29 is 53.2 Å². The molecule has 0 spiro atoms. The zero-order valence-corrected chi connectivity index (χ0v) is 27.8. The van der Waals surface area contributed by atoms with Crippen molar-refractivity contribution in [2.24, 2.45) is 11.7 Å². The van der Waals surface area contributed by atoms with Gasteiger partial charge >= 0.3 is 11.9 Å². The molecule has 0 heterocycles. The van der Waals surface area contributed by atoms with Crippen LogP contribution in [0.3, 0.4) is 0 Å². The van der Waals surface area contributed by atoms with E-state index in [9.17, 15) is 38.7 Å². The zero-order chi connectivity index (χ0) is 35.9. The molecule has 4 amide bonds. The summed E-state index contributed by atoms with van der Waals surface area (Å²) in [5, 5.41) is 26.1. The maximum absolute atomic E-state index is 12.2. The number of ether oxygens (including phenoxy) is 2. The van der Waals surface area contributed by atoms with Crippen molar-refractivity contribution in [3.8, 4) is 0 Å². The van der Waals surface area contributed by atoms with Gasteiger partial charge in [0.05, 0.1) is 19.1 Å². The lowest BCUT2D eigenvalue weighted by atomic mass is 10.00. The molecule has 3 unspecified atom stereocenters. The van der Waals surface area contributed by atoms with Gasteiger partial charge in [-0.15, -0.1) is 0 Å². The van der Waals surface area contributed by atoms with Crippen LogP contribution in [-0.2, 0) is 38.2 Å². The summed E-state index contributed by atoms with van der Waals surface area (Å²) in [5.41, 5.74) is 7.03. The fraction of sp³-hybridized carbons (Fsp3) is 0.606. The molecule has 0 aliphatic heterocycles. The van der Waals surface area contributed by atoms with Crippen LogP contribution in [0.25, 0.3) is 0 Å². The number of carbonyl (C=O) groups is 7. The lowest BCUT2D eigenvalue weighted by Crippen LogP contribution is -2.45. The Morgan fingerprint density at radius 1 is 0.750 bits per heavy atom. The molecule has 268 valence electrons. The van der Waals surface area contributed by atoms with Crippen molar-refractivity contribution in [1.29, 1.82) is 0 Å². The number of unbranched alkanes of at least 4 members (excludes halogenated alkanes) is 1. The van der Waals surface area contributed by atoms with Crippen molar-refractivity contribution >= 4 is 41.4 Å². The number of aliphatic carboxylic acids is 2. The fourth-order valence-electron chi connectivity index (χ4n) is 4.52. The average Bonchev–Trinajstić information content (AvgIpc) is 3.03. The minimum atomic E-state index is -1.28. The number of aryl methyl sites for hydroxylation is 1. The molecular weight excluding hydrogens is 628 g/mol. The smallest absolute Gasteiger partial charge is 0.326 e. The van der Waals surface area contributed by atoms with Crippen LogP contribution in [0.2, 0.25) is 0 Å². The summed E-state index contributed by atoms with van der Waals surface area (Å²) in [7, 11) is 0. The molecule has 15 nitrogen and oxygen atoms in total. The first kappa shape index (κ1) is 41.7. The molecule has 0 radical (unpaired) electrons. The number of benzene rings is 1. The number of carbonyl (C=O) groups excluding carboxylic acids is 5. The molecule has 0 aliphatic carbocycles. The van der Waals surface area contributed by atoms with E-state index in [2.05, 4.69) is 16.0 Å². The lowest BCUT2D eigenvalue weighted by molar-refractivity contribution is -0.144. The van der Waals surface area contributed by atoms with Crippen LogP contribution in [0.4, 0.5) is 0 Å². The first-order valence-electron chi connectivity index (χ1n) is 16.2. The molecule has 7 N–H and O–H groups in total. The van der Waals surface area contributed by atoms with Gasteiger partial charge in [0, 0.05) is 38.0 Å². The zero-order valence-electron chi connectivity index (χ0n) is 27.8. The second-order valence-corrected chi connectivity index (χ2v) is 11.4. The Bertz CT molecular complexity index is 1210. The number of nitrogens with two attached hydrogens (primary N) is 1. The standard InChI is InChI=1S/C33H50N4O11/c1-3-23(32(43)44)13-16-28(39)37-27(33(45)46)15-14-25(38)7-6-18-47-19-20-48-21-29(40)36-26(30(34)41)8-4-5-17-35-31(42)24-11-9-22(2)10-12-24/h9-12,23,26-27H,3-8,13-21H2,1-2H3,(H2,34,41)(H,35,42)(H,36,40)(H,37,39)(H,43,44)(H,45,46). The number of primary amides is 1. The van der Waals surface area contributed by atoms with E-state index >= 15 is 0 Å². The molecule has 0 bridgehead atoms. The van der Waals surface area contributed by atoms with E-state index in [0.717, 1.165) is 5.56 Å². The van der Waals surface area contributed by atoms with Crippen LogP contribution in [0, 0.1) is 12.8 Å². The van der Waals surface area contributed by atoms with Crippen molar-refractivity contribution in [3.63, 3.8) is 0 Å². The van der Waals surface area contributed by atoms with Gasteiger partial charge < -0.3 is 41.4 Å². The summed E-state index contributed by atoms with van der Waals surface area (Å²) in [6.07, 6.45) is 2.16. The second kappa shape index (κ2) is 23.9. The highest BCUT2D eigenvalue weighted by Gasteiger charge is 2.23. The van der Waals surface area contributed by atoms with Crippen LogP contribution >= 0.6 is 0 Å². The van der Waals surface area contributed by atoms with Crippen LogP contribution in [-0.4, -0.2) is 96.6 Å². The largest absolute Gasteiger partial charge is 0.481 e. The van der Waals surface area contributed by atoms with Gasteiger partial charge in [0.25, 0.3) is 5.91 Å². The number of amides is 4. The predicted molar refractivity (Wildman–Crippen MR) is 174 cm³/mol. The molecule has 0 aromatic heterocycles. The number of hydrogen-bond acceptors (Lipinski definition) is 9. The molecule has 0 fully saturated rings. The summed E-state index contributed by atoms with van der Waals surface area (Å²) in [4.78, 5) is 82.9. The van der Waals surface area contributed by atoms with Gasteiger partial charge in [-0.25, -0.2) is 4.79 Å². The molecule has 48 heavy (non-hydrogen) atoms. The van der Waals surface area contributed by atoms with E-state index in [1.165, 1.54) is 0 Å². The molecule has 0 saturated heterocycles. The molecule has 3 atom stereocenters. The monoisotopic (exact) mass is 678 g/mol. The number of Topliss-reactive ketones (excluding diaryl/α,β-unsaturated/α-hetero) is 1. The van der Waals surface area contributed by atoms with Crippen LogP contribution in [0.1, 0.15) is 87.1 Å². The molecule has 1 aromatic carbocycles. The van der Waals surface area contributed by atoms with Gasteiger partial charge in [-0.05, 0) is 64.0 Å². The Labute approximate surface area is 280 Å². The number of rotatable bonds is 27.